The molecule has 1 heteroatoms. The van der Waals surface area contributed by atoms with Crippen LogP contribution in [0.4, 0.5) is 0 Å². The van der Waals surface area contributed by atoms with Crippen molar-refractivity contribution in [1.29, 1.82) is 0 Å². The third kappa shape index (κ3) is 2.70. The summed E-state index contributed by atoms with van der Waals surface area (Å²) in [5.41, 5.74) is 16.1. The van der Waals surface area contributed by atoms with Crippen molar-refractivity contribution in [1.82, 2.24) is 0 Å². The average molecular weight is 373 g/mol. The van der Waals surface area contributed by atoms with Crippen molar-refractivity contribution in [3.63, 3.8) is 0 Å². The lowest BCUT2D eigenvalue weighted by Gasteiger charge is -2.39. The lowest BCUT2D eigenvalue weighted by atomic mass is 10.0. The molecule has 0 amide bonds. The number of benzene rings is 2. The Morgan fingerprint density at radius 2 is 0.889 bits per heavy atom. The Bertz CT molecular complexity index is 935. The second kappa shape index (κ2) is 6.07. The highest BCUT2D eigenvalue weighted by Gasteiger charge is 2.46. The molecule has 4 rings (SSSR count). The molecular formula is C26H32Si. The molecule has 140 valence electrons. The Hall–Kier alpha value is -1.86. The zero-order chi connectivity index (χ0) is 19.7. The molecule has 0 saturated carbocycles. The van der Waals surface area contributed by atoms with Gasteiger partial charge in [0.05, 0.1) is 8.07 Å². The van der Waals surface area contributed by atoms with Crippen molar-refractivity contribution in [3.05, 3.63) is 79.9 Å². The standard InChI is InChI=1S/C26H32Si/c1-15-9-21-11-19(5)25(23(21)13-17(15)3)27(7,8)26-20(6)12-22-10-16(2)18(4)14-24(22)26/h9-14,25-26H,1-8H3. The Morgan fingerprint density at radius 3 is 1.26 bits per heavy atom. The third-order valence-electron chi connectivity index (χ3n) is 7.19. The minimum Gasteiger partial charge on any atom is -0.0679 e. The van der Waals surface area contributed by atoms with E-state index in [9.17, 15) is 0 Å². The van der Waals surface area contributed by atoms with Crippen LogP contribution in [0, 0.1) is 27.7 Å². The first-order chi connectivity index (χ1) is 12.6. The largest absolute Gasteiger partial charge is 0.0722 e. The first-order valence-electron chi connectivity index (χ1n) is 10.2. The van der Waals surface area contributed by atoms with Crippen LogP contribution in [0.2, 0.25) is 13.1 Å². The Morgan fingerprint density at radius 1 is 0.556 bits per heavy atom. The van der Waals surface area contributed by atoms with E-state index in [2.05, 4.69) is 91.1 Å². The summed E-state index contributed by atoms with van der Waals surface area (Å²) in [5.74, 6) is 0. The van der Waals surface area contributed by atoms with E-state index in [0.29, 0.717) is 11.1 Å². The summed E-state index contributed by atoms with van der Waals surface area (Å²) in [7, 11) is -1.68. The first kappa shape index (κ1) is 18.5. The van der Waals surface area contributed by atoms with Gasteiger partial charge in [0.2, 0.25) is 0 Å². The number of hydrogen-bond donors (Lipinski definition) is 0. The van der Waals surface area contributed by atoms with E-state index >= 15 is 0 Å². The van der Waals surface area contributed by atoms with Gasteiger partial charge in [0.15, 0.2) is 0 Å². The number of hydrogen-bond acceptors (Lipinski definition) is 0. The lowest BCUT2D eigenvalue weighted by Crippen LogP contribution is -2.42. The van der Waals surface area contributed by atoms with E-state index in [1.54, 1.807) is 22.3 Å². The van der Waals surface area contributed by atoms with Crippen molar-refractivity contribution < 1.29 is 0 Å². The van der Waals surface area contributed by atoms with Crippen molar-refractivity contribution in [2.45, 2.75) is 65.7 Å². The zero-order valence-corrected chi connectivity index (χ0v) is 19.1. The molecule has 0 saturated heterocycles. The molecule has 27 heavy (non-hydrogen) atoms. The molecule has 0 nitrogen and oxygen atoms in total. The molecule has 2 aromatic rings. The summed E-state index contributed by atoms with van der Waals surface area (Å²) < 4.78 is 0. The number of allylic oxidation sites excluding steroid dienone is 2. The van der Waals surface area contributed by atoms with Crippen LogP contribution in [0.25, 0.3) is 12.2 Å². The first-order valence-corrected chi connectivity index (χ1v) is 13.4. The average Bonchev–Trinajstić information content (AvgIpc) is 3.04. The van der Waals surface area contributed by atoms with Crippen LogP contribution in [0.5, 0.6) is 0 Å². The van der Waals surface area contributed by atoms with Crippen molar-refractivity contribution >= 4 is 20.2 Å². The molecule has 0 bridgehead atoms. The zero-order valence-electron chi connectivity index (χ0n) is 18.1. The summed E-state index contributed by atoms with van der Waals surface area (Å²) in [6.07, 6.45) is 4.91. The highest BCUT2D eigenvalue weighted by Crippen LogP contribution is 2.52. The van der Waals surface area contributed by atoms with E-state index in [1.165, 1.54) is 33.4 Å². The maximum absolute atomic E-state index is 2.62. The van der Waals surface area contributed by atoms with Gasteiger partial charge in [-0.1, -0.05) is 60.7 Å². The SMILES string of the molecule is CC1=Cc2cc(C)c(C)cc2C1[Si](C)(C)C1C(C)=Cc2cc(C)c(C)cc21. The molecule has 0 N–H and O–H groups in total. The lowest BCUT2D eigenvalue weighted by molar-refractivity contribution is 0.964. The Labute approximate surface area is 166 Å². The molecule has 2 atom stereocenters. The molecule has 0 aliphatic heterocycles. The minimum atomic E-state index is -1.68. The van der Waals surface area contributed by atoms with Crippen LogP contribution in [0.3, 0.4) is 0 Å². The molecule has 0 fully saturated rings. The molecule has 0 aromatic heterocycles. The fraction of sp³-hybridized carbons (Fsp3) is 0.385. The van der Waals surface area contributed by atoms with Crippen LogP contribution < -0.4 is 0 Å². The summed E-state index contributed by atoms with van der Waals surface area (Å²) in [6.45, 7) is 18.9. The van der Waals surface area contributed by atoms with Gasteiger partial charge in [-0.3, -0.25) is 0 Å². The highest BCUT2D eigenvalue weighted by molar-refractivity contribution is 6.81. The van der Waals surface area contributed by atoms with Gasteiger partial charge in [-0.25, -0.2) is 0 Å². The van der Waals surface area contributed by atoms with Gasteiger partial charge < -0.3 is 0 Å². The smallest absolute Gasteiger partial charge is 0.0679 e. The Kier molecular flexibility index (Phi) is 4.16. The van der Waals surface area contributed by atoms with Gasteiger partial charge in [-0.2, -0.15) is 0 Å². The van der Waals surface area contributed by atoms with Gasteiger partial charge in [-0.15, -0.1) is 0 Å². The topological polar surface area (TPSA) is 0 Å². The van der Waals surface area contributed by atoms with E-state index in [4.69, 9.17) is 0 Å². The predicted molar refractivity (Wildman–Crippen MR) is 122 cm³/mol. The fourth-order valence-corrected chi connectivity index (χ4v) is 10.7. The molecule has 2 unspecified atom stereocenters. The van der Waals surface area contributed by atoms with Gasteiger partial charge in [-0.05, 0) is 86.1 Å². The van der Waals surface area contributed by atoms with Crippen LogP contribution in [-0.2, 0) is 0 Å². The molecule has 0 heterocycles. The highest BCUT2D eigenvalue weighted by atomic mass is 28.3. The van der Waals surface area contributed by atoms with Crippen LogP contribution >= 0.6 is 0 Å². The second-order valence-corrected chi connectivity index (χ2v) is 14.4. The Balaban J connectivity index is 1.85. The maximum Gasteiger partial charge on any atom is 0.0722 e. The number of aryl methyl sites for hydroxylation is 4. The van der Waals surface area contributed by atoms with E-state index < -0.39 is 8.07 Å². The number of fused-ring (bicyclic) bond motifs is 2. The van der Waals surface area contributed by atoms with Crippen LogP contribution in [0.1, 0.15) is 69.4 Å². The number of rotatable bonds is 2. The van der Waals surface area contributed by atoms with Crippen molar-refractivity contribution in [2.24, 2.45) is 0 Å². The normalized spacial score (nSPS) is 21.0. The van der Waals surface area contributed by atoms with Crippen LogP contribution in [-0.4, -0.2) is 8.07 Å². The molecule has 2 aliphatic carbocycles. The van der Waals surface area contributed by atoms with Crippen molar-refractivity contribution in [2.75, 3.05) is 0 Å². The van der Waals surface area contributed by atoms with Gasteiger partial charge in [0.25, 0.3) is 0 Å². The summed E-state index contributed by atoms with van der Waals surface area (Å²) in [6, 6.07) is 9.76. The minimum absolute atomic E-state index is 0.604. The summed E-state index contributed by atoms with van der Waals surface area (Å²) in [5, 5.41) is 0. The molecular weight excluding hydrogens is 340 g/mol. The molecule has 2 aliphatic rings. The van der Waals surface area contributed by atoms with E-state index in [1.807, 2.05) is 0 Å². The maximum atomic E-state index is 2.62. The van der Waals surface area contributed by atoms with Gasteiger partial charge >= 0.3 is 0 Å². The summed E-state index contributed by atoms with van der Waals surface area (Å²) in [4.78, 5) is 0. The van der Waals surface area contributed by atoms with Gasteiger partial charge in [0.1, 0.15) is 0 Å². The van der Waals surface area contributed by atoms with Crippen molar-refractivity contribution in [3.8, 4) is 0 Å². The molecule has 0 radical (unpaired) electrons. The fourth-order valence-electron chi connectivity index (χ4n) is 5.76. The second-order valence-electron chi connectivity index (χ2n) is 9.59. The monoisotopic (exact) mass is 372 g/mol. The molecule has 0 spiro atoms. The van der Waals surface area contributed by atoms with E-state index in [-0.39, 0.29) is 0 Å². The predicted octanol–water partition coefficient (Wildman–Crippen LogP) is 7.41. The quantitative estimate of drug-likeness (QED) is 0.481. The van der Waals surface area contributed by atoms with Gasteiger partial charge in [0, 0.05) is 11.1 Å². The van der Waals surface area contributed by atoms with Crippen LogP contribution in [0.15, 0.2) is 35.4 Å². The summed E-state index contributed by atoms with van der Waals surface area (Å²) >= 11 is 0. The van der Waals surface area contributed by atoms with E-state index in [0.717, 1.165) is 0 Å². The third-order valence-corrected chi connectivity index (χ3v) is 11.7. The molecule has 2 aromatic carbocycles.